The van der Waals surface area contributed by atoms with Gasteiger partial charge in [0.05, 0.1) is 16.4 Å². The van der Waals surface area contributed by atoms with Crippen LogP contribution in [0.25, 0.3) is 71.6 Å². The summed E-state index contributed by atoms with van der Waals surface area (Å²) in [5.74, 6) is 0. The van der Waals surface area contributed by atoms with Crippen LogP contribution in [0, 0.1) is 0 Å². The van der Waals surface area contributed by atoms with Crippen LogP contribution < -0.4 is 4.90 Å². The zero-order valence-electron chi connectivity index (χ0n) is 39.1. The van der Waals surface area contributed by atoms with E-state index in [1.165, 1.54) is 99.3 Å². The van der Waals surface area contributed by atoms with Crippen LogP contribution in [0.5, 0.6) is 0 Å². The summed E-state index contributed by atoms with van der Waals surface area (Å²) < 4.78 is 2.40. The van der Waals surface area contributed by atoms with Crippen LogP contribution in [-0.2, 0) is 10.8 Å². The van der Waals surface area contributed by atoms with Crippen LogP contribution in [0.3, 0.4) is 0 Å². The summed E-state index contributed by atoms with van der Waals surface area (Å²) in [5, 5.41) is 4.98. The van der Waals surface area contributed by atoms with E-state index in [0.29, 0.717) is 0 Å². The molecule has 2 aliphatic carbocycles. The van der Waals surface area contributed by atoms with Gasteiger partial charge in [-0.15, -0.1) is 0 Å². The van der Waals surface area contributed by atoms with Gasteiger partial charge in [-0.1, -0.05) is 208 Å². The molecule has 0 saturated carbocycles. The van der Waals surface area contributed by atoms with Crippen molar-refractivity contribution in [1.82, 2.24) is 4.57 Å². The summed E-state index contributed by atoms with van der Waals surface area (Å²) in [6, 6.07) is 94.8. The van der Waals surface area contributed by atoms with Gasteiger partial charge in [-0.3, -0.25) is 0 Å². The first-order chi connectivity index (χ1) is 34.5. The van der Waals surface area contributed by atoms with Crippen LogP contribution in [0.1, 0.15) is 47.2 Å². The molecule has 70 heavy (non-hydrogen) atoms. The van der Waals surface area contributed by atoms with E-state index >= 15 is 0 Å². The summed E-state index contributed by atoms with van der Waals surface area (Å²) in [5.41, 5.74) is 21.7. The lowest BCUT2D eigenvalue weighted by Crippen LogP contribution is -2.28. The number of rotatable bonds is 7. The second-order valence-corrected chi connectivity index (χ2v) is 19.6. The van der Waals surface area contributed by atoms with Crippen molar-refractivity contribution in [2.45, 2.75) is 24.7 Å². The van der Waals surface area contributed by atoms with E-state index in [9.17, 15) is 0 Å². The van der Waals surface area contributed by atoms with Gasteiger partial charge in [-0.25, -0.2) is 0 Å². The molecular weight excluding hydrogens is 845 g/mol. The zero-order chi connectivity index (χ0) is 46.6. The number of para-hydroxylation sites is 2. The van der Waals surface area contributed by atoms with Crippen LogP contribution >= 0.6 is 0 Å². The highest BCUT2D eigenvalue weighted by Crippen LogP contribution is 2.58. The molecule has 330 valence electrons. The lowest BCUT2D eigenvalue weighted by molar-refractivity contribution is 0.660. The molecule has 0 radical (unpaired) electrons. The van der Waals surface area contributed by atoms with Gasteiger partial charge in [0.25, 0.3) is 0 Å². The van der Waals surface area contributed by atoms with Gasteiger partial charge in [0, 0.05) is 38.9 Å². The van der Waals surface area contributed by atoms with Crippen LogP contribution in [-0.4, -0.2) is 4.57 Å². The number of aromatic nitrogens is 1. The summed E-state index contributed by atoms with van der Waals surface area (Å²) in [6.07, 6.45) is 0. The molecule has 12 aromatic rings. The molecule has 0 aliphatic heterocycles. The van der Waals surface area contributed by atoms with Crippen LogP contribution in [0.15, 0.2) is 255 Å². The summed E-state index contributed by atoms with van der Waals surface area (Å²) in [7, 11) is 0. The van der Waals surface area contributed by atoms with Gasteiger partial charge in [0.1, 0.15) is 0 Å². The standard InChI is InChI=1S/C68H48N2/c1-67(2)62-34-19-32-56(53-31-18-21-45-20-12-13-28-52(45)53)66(62)57-39-36-51(44-63(57)67)69(50-38-41-65-59(43-50)55-30-15-17-35-64(55)70(65)48-26-10-5-11-27-48)49-37-40-61-58(42-49)54-29-14-16-33-60(54)68(61,46-22-6-3-7-23-46)47-24-8-4-9-25-47/h3-44H,1-2H3. The second-order valence-electron chi connectivity index (χ2n) is 19.6. The Labute approximate surface area is 409 Å². The Morgan fingerprint density at radius 3 is 1.67 bits per heavy atom. The first-order valence-corrected chi connectivity index (χ1v) is 24.5. The quantitative estimate of drug-likeness (QED) is 0.155. The minimum atomic E-state index is -0.485. The Hall–Kier alpha value is -8.72. The molecule has 11 aromatic carbocycles. The largest absolute Gasteiger partial charge is 0.310 e. The first-order valence-electron chi connectivity index (χ1n) is 24.5. The Morgan fingerprint density at radius 2 is 0.871 bits per heavy atom. The van der Waals surface area contributed by atoms with E-state index in [2.05, 4.69) is 278 Å². The van der Waals surface area contributed by atoms with Crippen molar-refractivity contribution in [3.05, 3.63) is 288 Å². The SMILES string of the molecule is CC1(C)c2cc(N(c3ccc4c(c3)-c3ccccc3C4(c3ccccc3)c3ccccc3)c3ccc4c(c3)c3ccccc3n4-c3ccccc3)ccc2-c2c(-c3cccc4ccccc34)cccc21. The van der Waals surface area contributed by atoms with Crippen molar-refractivity contribution in [3.8, 4) is 39.1 Å². The van der Waals surface area contributed by atoms with Gasteiger partial charge >= 0.3 is 0 Å². The zero-order valence-corrected chi connectivity index (χ0v) is 39.1. The maximum Gasteiger partial charge on any atom is 0.0713 e. The Bertz CT molecular complexity index is 3980. The van der Waals surface area contributed by atoms with Crippen molar-refractivity contribution in [3.63, 3.8) is 0 Å². The molecule has 0 fully saturated rings. The number of hydrogen-bond donors (Lipinski definition) is 0. The van der Waals surface area contributed by atoms with Gasteiger partial charge < -0.3 is 9.47 Å². The number of benzene rings is 11. The fourth-order valence-electron chi connectivity index (χ4n) is 12.6. The van der Waals surface area contributed by atoms with Crippen molar-refractivity contribution in [1.29, 1.82) is 0 Å². The molecule has 2 aliphatic rings. The minimum Gasteiger partial charge on any atom is -0.310 e. The number of hydrogen-bond acceptors (Lipinski definition) is 1. The van der Waals surface area contributed by atoms with Crippen LogP contribution in [0.2, 0.25) is 0 Å². The molecule has 0 N–H and O–H groups in total. The third-order valence-electron chi connectivity index (χ3n) is 15.7. The third-order valence-corrected chi connectivity index (χ3v) is 15.7. The highest BCUT2D eigenvalue weighted by molar-refractivity contribution is 6.11. The Balaban J connectivity index is 1.01. The molecule has 2 heteroatoms. The molecule has 2 nitrogen and oxygen atoms in total. The highest BCUT2D eigenvalue weighted by atomic mass is 15.1. The predicted octanol–water partition coefficient (Wildman–Crippen LogP) is 17.7. The number of anilines is 3. The van der Waals surface area contributed by atoms with Crippen molar-refractivity contribution >= 4 is 49.6 Å². The average molecular weight is 893 g/mol. The normalized spacial score (nSPS) is 13.8. The summed E-state index contributed by atoms with van der Waals surface area (Å²) in [4.78, 5) is 2.51. The van der Waals surface area contributed by atoms with E-state index < -0.39 is 5.41 Å². The molecule has 1 aromatic heterocycles. The molecule has 0 spiro atoms. The average Bonchev–Trinajstić information content (AvgIpc) is 4.00. The first kappa shape index (κ1) is 40.4. The summed E-state index contributed by atoms with van der Waals surface area (Å²) in [6.45, 7) is 4.81. The minimum absolute atomic E-state index is 0.248. The van der Waals surface area contributed by atoms with Gasteiger partial charge in [0.2, 0.25) is 0 Å². The molecule has 0 amide bonds. The Morgan fingerprint density at radius 1 is 0.329 bits per heavy atom. The predicted molar refractivity (Wildman–Crippen MR) is 293 cm³/mol. The fourth-order valence-corrected chi connectivity index (χ4v) is 12.6. The van der Waals surface area contributed by atoms with Crippen LogP contribution in [0.4, 0.5) is 17.1 Å². The van der Waals surface area contributed by atoms with Gasteiger partial charge in [-0.05, 0) is 138 Å². The molecule has 1 heterocycles. The maximum absolute atomic E-state index is 2.51. The number of fused-ring (bicyclic) bond motifs is 10. The van der Waals surface area contributed by atoms with E-state index in [1.807, 2.05) is 0 Å². The number of nitrogens with zero attached hydrogens (tertiary/aromatic N) is 2. The van der Waals surface area contributed by atoms with Crippen molar-refractivity contribution in [2.24, 2.45) is 0 Å². The second kappa shape index (κ2) is 15.4. The topological polar surface area (TPSA) is 8.17 Å². The van der Waals surface area contributed by atoms with E-state index in [1.54, 1.807) is 0 Å². The van der Waals surface area contributed by atoms with Crippen molar-refractivity contribution < 1.29 is 0 Å². The molecule has 0 bridgehead atoms. The smallest absolute Gasteiger partial charge is 0.0713 e. The molecule has 0 atom stereocenters. The molecular formula is C68H48N2. The molecule has 0 saturated heterocycles. The lowest BCUT2D eigenvalue weighted by atomic mass is 9.68. The van der Waals surface area contributed by atoms with E-state index in [0.717, 1.165) is 22.7 Å². The van der Waals surface area contributed by atoms with Crippen molar-refractivity contribution in [2.75, 3.05) is 4.90 Å². The maximum atomic E-state index is 2.51. The lowest BCUT2D eigenvalue weighted by Gasteiger charge is -2.34. The Kier molecular flexibility index (Phi) is 8.88. The van der Waals surface area contributed by atoms with E-state index in [-0.39, 0.29) is 5.41 Å². The van der Waals surface area contributed by atoms with Gasteiger partial charge in [-0.2, -0.15) is 0 Å². The third kappa shape index (κ3) is 5.74. The highest BCUT2D eigenvalue weighted by Gasteiger charge is 2.46. The molecule has 14 rings (SSSR count). The van der Waals surface area contributed by atoms with E-state index in [4.69, 9.17) is 0 Å². The monoisotopic (exact) mass is 892 g/mol. The fraction of sp³-hybridized carbons (Fsp3) is 0.0588. The summed E-state index contributed by atoms with van der Waals surface area (Å²) >= 11 is 0. The van der Waals surface area contributed by atoms with Gasteiger partial charge in [0.15, 0.2) is 0 Å². The molecule has 0 unspecified atom stereocenters.